The number of unbranched alkanes of at least 4 members (excludes halogenated alkanes) is 7. The van der Waals surface area contributed by atoms with E-state index in [-0.39, 0.29) is 11.8 Å². The van der Waals surface area contributed by atoms with Gasteiger partial charge in [0.1, 0.15) is 0 Å². The average molecular weight is 467 g/mol. The molecule has 0 radical (unpaired) electrons. The molecule has 0 fully saturated rings. The van der Waals surface area contributed by atoms with Crippen molar-refractivity contribution in [3.05, 3.63) is 70.8 Å². The quantitative estimate of drug-likeness (QED) is 0.258. The molecule has 0 unspecified atom stereocenters. The third kappa shape index (κ3) is 12.0. The zero-order valence-corrected chi connectivity index (χ0v) is 20.5. The molecule has 6 heteroatoms. The van der Waals surface area contributed by atoms with Crippen LogP contribution < -0.4 is 22.1 Å². The third-order valence-electron chi connectivity index (χ3n) is 6.05. The van der Waals surface area contributed by atoms with E-state index in [0.29, 0.717) is 39.0 Å². The highest BCUT2D eigenvalue weighted by molar-refractivity contribution is 5.76. The molecule has 2 rings (SSSR count). The number of rotatable bonds is 17. The highest BCUT2D eigenvalue weighted by Crippen LogP contribution is 2.11. The Bertz CT molecular complexity index is 763. The molecule has 0 heterocycles. The lowest BCUT2D eigenvalue weighted by atomic mass is 10.1. The van der Waals surface area contributed by atoms with Crippen LogP contribution in [0.25, 0.3) is 0 Å². The highest BCUT2D eigenvalue weighted by Gasteiger charge is 2.03. The summed E-state index contributed by atoms with van der Waals surface area (Å²) in [6.45, 7) is 2.22. The van der Waals surface area contributed by atoms with Gasteiger partial charge in [-0.1, -0.05) is 87.1 Å². The van der Waals surface area contributed by atoms with E-state index in [2.05, 4.69) is 10.6 Å². The molecule has 2 amide bonds. The predicted octanol–water partition coefficient (Wildman–Crippen LogP) is 4.44. The topological polar surface area (TPSA) is 110 Å². The zero-order valence-electron chi connectivity index (χ0n) is 20.5. The van der Waals surface area contributed by atoms with Crippen LogP contribution in [0.5, 0.6) is 0 Å². The summed E-state index contributed by atoms with van der Waals surface area (Å²) in [4.78, 5) is 24.0. The van der Waals surface area contributed by atoms with Crippen LogP contribution in [0.2, 0.25) is 0 Å². The lowest BCUT2D eigenvalue weighted by molar-refractivity contribution is -0.122. The van der Waals surface area contributed by atoms with Gasteiger partial charge in [0.05, 0.1) is 0 Å². The molecule has 0 atom stereocenters. The Morgan fingerprint density at radius 3 is 1.12 bits per heavy atom. The second-order valence-corrected chi connectivity index (χ2v) is 8.92. The van der Waals surface area contributed by atoms with E-state index in [4.69, 9.17) is 11.5 Å². The fraction of sp³-hybridized carbons (Fsp3) is 0.500. The van der Waals surface area contributed by atoms with Gasteiger partial charge in [-0.15, -0.1) is 0 Å². The van der Waals surface area contributed by atoms with E-state index >= 15 is 0 Å². The van der Waals surface area contributed by atoms with Crippen LogP contribution >= 0.6 is 0 Å². The second kappa shape index (κ2) is 16.8. The number of hydrogen-bond donors (Lipinski definition) is 4. The molecule has 0 aromatic heterocycles. The van der Waals surface area contributed by atoms with Gasteiger partial charge in [-0.25, -0.2) is 0 Å². The maximum Gasteiger partial charge on any atom is 0.220 e. The van der Waals surface area contributed by atoms with E-state index in [1.807, 2.05) is 48.5 Å². The Labute approximate surface area is 204 Å². The first-order valence-electron chi connectivity index (χ1n) is 12.7. The number of carbonyl (C=O) groups is 2. The Morgan fingerprint density at radius 2 is 0.794 bits per heavy atom. The molecule has 186 valence electrons. The highest BCUT2D eigenvalue weighted by atomic mass is 16.2. The summed E-state index contributed by atoms with van der Waals surface area (Å²) in [6.07, 6.45) is 9.95. The van der Waals surface area contributed by atoms with Crippen molar-refractivity contribution >= 4 is 11.8 Å². The van der Waals surface area contributed by atoms with E-state index in [9.17, 15) is 9.59 Å². The molecule has 0 saturated carbocycles. The Kier molecular flexibility index (Phi) is 13.6. The lowest BCUT2D eigenvalue weighted by Crippen LogP contribution is -2.22. The van der Waals surface area contributed by atoms with E-state index in [1.165, 1.54) is 12.8 Å². The van der Waals surface area contributed by atoms with Gasteiger partial charge in [0.25, 0.3) is 0 Å². The van der Waals surface area contributed by atoms with Gasteiger partial charge >= 0.3 is 0 Å². The third-order valence-corrected chi connectivity index (χ3v) is 6.05. The largest absolute Gasteiger partial charge is 0.352 e. The molecule has 0 aliphatic heterocycles. The molecule has 0 aliphatic rings. The van der Waals surface area contributed by atoms with Gasteiger partial charge in [-0.05, 0) is 35.1 Å². The molecular formula is C28H42N4O2. The van der Waals surface area contributed by atoms with Crippen LogP contribution in [0.4, 0.5) is 0 Å². The van der Waals surface area contributed by atoms with Gasteiger partial charge < -0.3 is 22.1 Å². The van der Waals surface area contributed by atoms with Crippen LogP contribution in [0.1, 0.15) is 86.5 Å². The molecule has 6 N–H and O–H groups in total. The lowest BCUT2D eigenvalue weighted by Gasteiger charge is -2.07. The number of amides is 2. The molecule has 2 aromatic carbocycles. The molecular weight excluding hydrogens is 424 g/mol. The molecule has 0 bridgehead atoms. The van der Waals surface area contributed by atoms with Crippen molar-refractivity contribution in [3.63, 3.8) is 0 Å². The predicted molar refractivity (Wildman–Crippen MR) is 139 cm³/mol. The van der Waals surface area contributed by atoms with Crippen molar-refractivity contribution in [2.75, 3.05) is 0 Å². The Balaban J connectivity index is 1.38. The Morgan fingerprint density at radius 1 is 0.500 bits per heavy atom. The second-order valence-electron chi connectivity index (χ2n) is 8.92. The maximum atomic E-state index is 12.0. The normalized spacial score (nSPS) is 10.8. The summed E-state index contributed by atoms with van der Waals surface area (Å²) in [5, 5.41) is 5.97. The minimum absolute atomic E-state index is 0.119. The standard InChI is InChI=1S/C28H42N4O2/c29-19-23-11-15-25(16-12-23)21-31-27(33)9-7-5-3-1-2-4-6-8-10-28(34)32-22-26-17-13-24(20-30)14-18-26/h11-18H,1-10,19-22,29-30H2,(H,31,33)(H,32,34). The molecule has 2 aromatic rings. The van der Waals surface area contributed by atoms with E-state index in [1.54, 1.807) is 0 Å². The van der Waals surface area contributed by atoms with Crippen LogP contribution in [0, 0.1) is 0 Å². The first-order valence-corrected chi connectivity index (χ1v) is 12.7. The Hall–Kier alpha value is -2.70. The van der Waals surface area contributed by atoms with Crippen LogP contribution in [-0.4, -0.2) is 11.8 Å². The van der Waals surface area contributed by atoms with Crippen molar-refractivity contribution in [3.8, 4) is 0 Å². The number of nitrogens with two attached hydrogens (primary N) is 2. The average Bonchev–Trinajstić information content (AvgIpc) is 2.87. The summed E-state index contributed by atoms with van der Waals surface area (Å²) in [6, 6.07) is 16.0. The van der Waals surface area contributed by atoms with Gasteiger partial charge in [-0.2, -0.15) is 0 Å². The summed E-state index contributed by atoms with van der Waals surface area (Å²) in [5.74, 6) is 0.238. The van der Waals surface area contributed by atoms with Crippen LogP contribution in [-0.2, 0) is 35.8 Å². The van der Waals surface area contributed by atoms with Gasteiger partial charge in [0, 0.05) is 39.0 Å². The number of hydrogen-bond acceptors (Lipinski definition) is 4. The van der Waals surface area contributed by atoms with E-state index in [0.717, 1.165) is 60.8 Å². The SMILES string of the molecule is NCc1ccc(CNC(=O)CCCCCCCCCCC(=O)NCc2ccc(CN)cc2)cc1. The van der Waals surface area contributed by atoms with Crippen molar-refractivity contribution in [2.24, 2.45) is 11.5 Å². The molecule has 0 aliphatic carbocycles. The fourth-order valence-electron chi connectivity index (χ4n) is 3.80. The van der Waals surface area contributed by atoms with Crippen LogP contribution in [0.3, 0.4) is 0 Å². The molecule has 6 nitrogen and oxygen atoms in total. The summed E-state index contributed by atoms with van der Waals surface area (Å²) in [7, 11) is 0. The first-order chi connectivity index (χ1) is 16.6. The van der Waals surface area contributed by atoms with E-state index < -0.39 is 0 Å². The fourth-order valence-corrected chi connectivity index (χ4v) is 3.80. The van der Waals surface area contributed by atoms with Gasteiger partial charge in [0.2, 0.25) is 11.8 Å². The summed E-state index contributed by atoms with van der Waals surface area (Å²) < 4.78 is 0. The minimum Gasteiger partial charge on any atom is -0.352 e. The van der Waals surface area contributed by atoms with Crippen molar-refractivity contribution in [1.29, 1.82) is 0 Å². The van der Waals surface area contributed by atoms with Crippen molar-refractivity contribution in [2.45, 2.75) is 90.4 Å². The monoisotopic (exact) mass is 466 g/mol. The summed E-state index contributed by atoms with van der Waals surface area (Å²) in [5.41, 5.74) is 15.6. The van der Waals surface area contributed by atoms with Crippen molar-refractivity contribution in [1.82, 2.24) is 10.6 Å². The number of benzene rings is 2. The zero-order chi connectivity index (χ0) is 24.4. The molecule has 0 spiro atoms. The first kappa shape index (κ1) is 27.5. The number of carbonyl (C=O) groups excluding carboxylic acids is 2. The smallest absolute Gasteiger partial charge is 0.220 e. The van der Waals surface area contributed by atoms with Gasteiger partial charge in [0.15, 0.2) is 0 Å². The minimum atomic E-state index is 0.119. The molecule has 0 saturated heterocycles. The van der Waals surface area contributed by atoms with Crippen molar-refractivity contribution < 1.29 is 9.59 Å². The molecule has 34 heavy (non-hydrogen) atoms. The summed E-state index contributed by atoms with van der Waals surface area (Å²) >= 11 is 0. The maximum absolute atomic E-state index is 12.0. The van der Waals surface area contributed by atoms with Crippen LogP contribution in [0.15, 0.2) is 48.5 Å². The number of nitrogens with one attached hydrogen (secondary N) is 2. The van der Waals surface area contributed by atoms with Gasteiger partial charge in [-0.3, -0.25) is 9.59 Å².